The van der Waals surface area contributed by atoms with E-state index in [4.69, 9.17) is 0 Å². The smallest absolute Gasteiger partial charge is 0.271 e. The van der Waals surface area contributed by atoms with Gasteiger partial charge in [-0.25, -0.2) is 4.98 Å². The zero-order chi connectivity index (χ0) is 14.2. The summed E-state index contributed by atoms with van der Waals surface area (Å²) in [5, 5.41) is 14.1. The van der Waals surface area contributed by atoms with Gasteiger partial charge in [0.15, 0.2) is 0 Å². The van der Waals surface area contributed by atoms with Crippen molar-refractivity contribution in [3.63, 3.8) is 0 Å². The van der Waals surface area contributed by atoms with Crippen LogP contribution in [0.3, 0.4) is 0 Å². The molecule has 2 N–H and O–H groups in total. The highest BCUT2D eigenvalue weighted by molar-refractivity contribution is 5.79. The van der Waals surface area contributed by atoms with Crippen LogP contribution in [-0.4, -0.2) is 21.4 Å². The molecule has 2 aromatic rings. The van der Waals surface area contributed by atoms with Gasteiger partial charge in [0, 0.05) is 18.7 Å². The van der Waals surface area contributed by atoms with E-state index < -0.39 is 4.92 Å². The van der Waals surface area contributed by atoms with Crippen molar-refractivity contribution in [3.05, 3.63) is 28.3 Å². The average Bonchev–Trinajstić information content (AvgIpc) is 3.06. The molecule has 6 heteroatoms. The Morgan fingerprint density at radius 1 is 1.50 bits per heavy atom. The molecule has 0 unspecified atom stereocenters. The third-order valence-electron chi connectivity index (χ3n) is 4.04. The summed E-state index contributed by atoms with van der Waals surface area (Å²) in [6.07, 6.45) is 5.00. The molecule has 1 aliphatic rings. The number of fused-ring (bicyclic) bond motifs is 1. The third kappa shape index (κ3) is 2.45. The normalized spacial score (nSPS) is 16.2. The Hall–Kier alpha value is -2.11. The van der Waals surface area contributed by atoms with E-state index in [-0.39, 0.29) is 5.69 Å². The van der Waals surface area contributed by atoms with Crippen LogP contribution in [0.4, 0.5) is 11.6 Å². The lowest BCUT2D eigenvalue weighted by molar-refractivity contribution is -0.384. The topological polar surface area (TPSA) is 83.8 Å². The number of hydrogen-bond donors (Lipinski definition) is 2. The van der Waals surface area contributed by atoms with Gasteiger partial charge in [-0.3, -0.25) is 10.1 Å². The van der Waals surface area contributed by atoms with Crippen molar-refractivity contribution >= 4 is 22.7 Å². The minimum absolute atomic E-state index is 0.0809. The molecule has 106 valence electrons. The molecule has 20 heavy (non-hydrogen) atoms. The maximum Gasteiger partial charge on any atom is 0.271 e. The third-order valence-corrected chi connectivity index (χ3v) is 4.04. The van der Waals surface area contributed by atoms with Gasteiger partial charge in [0.05, 0.1) is 16.0 Å². The summed E-state index contributed by atoms with van der Waals surface area (Å²) in [4.78, 5) is 17.9. The first-order valence-electron chi connectivity index (χ1n) is 7.00. The number of nitrogens with one attached hydrogen (secondary N) is 2. The Balaban J connectivity index is 1.74. The van der Waals surface area contributed by atoms with E-state index in [0.717, 1.165) is 12.1 Å². The Labute approximate surface area is 116 Å². The van der Waals surface area contributed by atoms with Crippen molar-refractivity contribution in [1.82, 2.24) is 9.97 Å². The molecular formula is C14H18N4O2. The lowest BCUT2D eigenvalue weighted by Gasteiger charge is -2.13. The van der Waals surface area contributed by atoms with Crippen LogP contribution >= 0.6 is 0 Å². The monoisotopic (exact) mass is 274 g/mol. The largest absolute Gasteiger partial charge is 0.355 e. The molecule has 0 atom stereocenters. The van der Waals surface area contributed by atoms with E-state index >= 15 is 0 Å². The molecule has 0 saturated heterocycles. The van der Waals surface area contributed by atoms with Crippen LogP contribution in [0.25, 0.3) is 11.0 Å². The summed E-state index contributed by atoms with van der Waals surface area (Å²) >= 11 is 0. The minimum Gasteiger partial charge on any atom is -0.355 e. The van der Waals surface area contributed by atoms with Crippen molar-refractivity contribution in [3.8, 4) is 0 Å². The number of nitro groups is 1. The van der Waals surface area contributed by atoms with Gasteiger partial charge in [-0.15, -0.1) is 0 Å². The first-order chi connectivity index (χ1) is 9.62. The summed E-state index contributed by atoms with van der Waals surface area (Å²) in [6, 6.07) is 4.67. The second kappa shape index (κ2) is 4.77. The molecule has 3 rings (SSSR count). The molecule has 0 radical (unpaired) electrons. The predicted molar refractivity (Wildman–Crippen MR) is 77.8 cm³/mol. The molecular weight excluding hydrogens is 256 g/mol. The number of anilines is 1. The highest BCUT2D eigenvalue weighted by atomic mass is 16.6. The quantitative estimate of drug-likeness (QED) is 0.624. The van der Waals surface area contributed by atoms with Gasteiger partial charge in [-0.05, 0) is 30.7 Å². The Morgan fingerprint density at radius 2 is 2.30 bits per heavy atom. The van der Waals surface area contributed by atoms with E-state index in [0.29, 0.717) is 16.9 Å². The second-order valence-electron chi connectivity index (χ2n) is 5.65. The molecule has 1 aromatic heterocycles. The number of imidazole rings is 1. The lowest BCUT2D eigenvalue weighted by atomic mass is 10.0. The zero-order valence-corrected chi connectivity index (χ0v) is 11.5. The van der Waals surface area contributed by atoms with E-state index in [1.165, 1.54) is 37.8 Å². The number of rotatable bonds is 6. The molecule has 0 aliphatic heterocycles. The molecule has 1 fully saturated rings. The van der Waals surface area contributed by atoms with Gasteiger partial charge in [-0.1, -0.05) is 13.3 Å². The van der Waals surface area contributed by atoms with E-state index in [9.17, 15) is 10.1 Å². The van der Waals surface area contributed by atoms with Crippen LogP contribution in [0.5, 0.6) is 0 Å². The number of nitrogens with zero attached hydrogens (tertiary/aromatic N) is 2. The fourth-order valence-corrected chi connectivity index (χ4v) is 2.69. The highest BCUT2D eigenvalue weighted by Gasteiger charge is 2.41. The Morgan fingerprint density at radius 3 is 2.95 bits per heavy atom. The highest BCUT2D eigenvalue weighted by Crippen LogP contribution is 2.49. The van der Waals surface area contributed by atoms with Gasteiger partial charge in [0.2, 0.25) is 5.95 Å². The number of H-pyrrole nitrogens is 1. The van der Waals surface area contributed by atoms with E-state index in [1.54, 1.807) is 6.07 Å². The predicted octanol–water partition coefficient (Wildman–Crippen LogP) is 3.46. The first kappa shape index (κ1) is 12.9. The summed E-state index contributed by atoms with van der Waals surface area (Å²) in [7, 11) is 0. The Kier molecular flexibility index (Phi) is 3.08. The summed E-state index contributed by atoms with van der Waals surface area (Å²) in [5.41, 5.74) is 1.97. The van der Waals surface area contributed by atoms with E-state index in [1.807, 2.05) is 0 Å². The maximum absolute atomic E-state index is 10.7. The molecule has 0 bridgehead atoms. The molecule has 1 aliphatic carbocycles. The lowest BCUT2D eigenvalue weighted by Crippen LogP contribution is -2.15. The fourth-order valence-electron chi connectivity index (χ4n) is 2.69. The van der Waals surface area contributed by atoms with Crippen molar-refractivity contribution in [2.75, 3.05) is 11.9 Å². The SMILES string of the molecule is CCCC1(CNc2nc3ccc([N+](=O)[O-])cc3[nH]2)CC1. The summed E-state index contributed by atoms with van der Waals surface area (Å²) < 4.78 is 0. The molecule has 1 saturated carbocycles. The second-order valence-corrected chi connectivity index (χ2v) is 5.65. The van der Waals surface area contributed by atoms with Crippen molar-refractivity contribution in [2.24, 2.45) is 5.41 Å². The molecule has 6 nitrogen and oxygen atoms in total. The zero-order valence-electron chi connectivity index (χ0n) is 11.5. The van der Waals surface area contributed by atoms with Crippen LogP contribution in [0.15, 0.2) is 18.2 Å². The van der Waals surface area contributed by atoms with Crippen LogP contribution in [0, 0.1) is 15.5 Å². The summed E-state index contributed by atoms with van der Waals surface area (Å²) in [5.74, 6) is 0.697. The molecule has 0 amide bonds. The van der Waals surface area contributed by atoms with Crippen LogP contribution in [-0.2, 0) is 0 Å². The van der Waals surface area contributed by atoms with Gasteiger partial charge in [-0.2, -0.15) is 0 Å². The Bertz CT molecular complexity index is 646. The number of aromatic nitrogens is 2. The molecule has 1 aromatic carbocycles. The van der Waals surface area contributed by atoms with Gasteiger partial charge >= 0.3 is 0 Å². The fraction of sp³-hybridized carbons (Fsp3) is 0.500. The number of nitro benzene ring substituents is 1. The molecule has 0 spiro atoms. The van der Waals surface area contributed by atoms with Gasteiger partial charge in [0.25, 0.3) is 5.69 Å². The van der Waals surface area contributed by atoms with Gasteiger partial charge in [0.1, 0.15) is 0 Å². The number of non-ortho nitro benzene ring substituents is 1. The first-order valence-corrected chi connectivity index (χ1v) is 7.00. The van der Waals surface area contributed by atoms with Gasteiger partial charge < -0.3 is 10.3 Å². The number of hydrogen-bond acceptors (Lipinski definition) is 4. The minimum atomic E-state index is -0.395. The van der Waals surface area contributed by atoms with Crippen molar-refractivity contribution in [2.45, 2.75) is 32.6 Å². The summed E-state index contributed by atoms with van der Waals surface area (Å²) in [6.45, 7) is 3.13. The van der Waals surface area contributed by atoms with Crippen molar-refractivity contribution in [1.29, 1.82) is 0 Å². The van der Waals surface area contributed by atoms with Crippen LogP contribution < -0.4 is 5.32 Å². The average molecular weight is 274 g/mol. The maximum atomic E-state index is 10.7. The van der Waals surface area contributed by atoms with Crippen molar-refractivity contribution < 1.29 is 4.92 Å². The van der Waals surface area contributed by atoms with E-state index in [2.05, 4.69) is 22.2 Å². The van der Waals surface area contributed by atoms with Crippen LogP contribution in [0.1, 0.15) is 32.6 Å². The number of benzene rings is 1. The van der Waals surface area contributed by atoms with Crippen LogP contribution in [0.2, 0.25) is 0 Å². The number of aromatic amines is 1. The standard InChI is InChI=1S/C14H18N4O2/c1-2-5-14(6-7-14)9-15-13-16-11-4-3-10(18(19)20)8-12(11)17-13/h3-4,8H,2,5-7,9H2,1H3,(H2,15,16,17). The molecule has 1 heterocycles.